The van der Waals surface area contributed by atoms with E-state index in [-0.39, 0.29) is 0 Å². The number of nitrogens with one attached hydrogen (secondary N) is 1. The van der Waals surface area contributed by atoms with Gasteiger partial charge in [-0.25, -0.2) is 4.79 Å². The van der Waals surface area contributed by atoms with Gasteiger partial charge in [0, 0.05) is 18.0 Å². The van der Waals surface area contributed by atoms with Crippen molar-refractivity contribution < 1.29 is 27.9 Å². The van der Waals surface area contributed by atoms with Crippen LogP contribution in [0.1, 0.15) is 18.4 Å². The first-order valence-corrected chi connectivity index (χ1v) is 8.73. The fourth-order valence-corrected chi connectivity index (χ4v) is 3.30. The number of alkyl halides is 3. The number of nitrogens with zero attached hydrogens (tertiary/aromatic N) is 1. The molecule has 0 saturated carbocycles. The number of anilines is 1. The minimum absolute atomic E-state index is 0.305. The van der Waals surface area contributed by atoms with E-state index in [1.807, 2.05) is 0 Å². The first-order valence-electron chi connectivity index (χ1n) is 7.74. The summed E-state index contributed by atoms with van der Waals surface area (Å²) in [6.45, 7) is 2.39. The molecule has 0 aliphatic carbocycles. The number of rotatable bonds is 4. The van der Waals surface area contributed by atoms with E-state index >= 15 is 0 Å². The van der Waals surface area contributed by atoms with Gasteiger partial charge in [0.1, 0.15) is 0 Å². The van der Waals surface area contributed by atoms with E-state index in [0.717, 1.165) is 5.56 Å². The van der Waals surface area contributed by atoms with Gasteiger partial charge in [-0.1, -0.05) is 6.07 Å². The van der Waals surface area contributed by atoms with Crippen molar-refractivity contribution in [2.45, 2.75) is 30.8 Å². The lowest BCUT2D eigenvalue weighted by Crippen LogP contribution is -2.42. The molecular formula is C16H19F3N2O3S. The maximum atomic E-state index is 12.4. The number of urea groups is 1. The van der Waals surface area contributed by atoms with Crippen LogP contribution in [0.25, 0.3) is 0 Å². The second-order valence-corrected chi connectivity index (χ2v) is 6.95. The highest BCUT2D eigenvalue weighted by molar-refractivity contribution is 7.99. The molecule has 5 nitrogen and oxygen atoms in total. The van der Waals surface area contributed by atoms with Crippen LogP contribution in [0, 0.1) is 12.8 Å². The average Bonchev–Trinajstić information content (AvgIpc) is 2.53. The molecule has 1 fully saturated rings. The number of carboxylic acids is 1. The number of hydrogen-bond acceptors (Lipinski definition) is 3. The van der Waals surface area contributed by atoms with Gasteiger partial charge in [-0.05, 0) is 37.5 Å². The van der Waals surface area contributed by atoms with Crippen molar-refractivity contribution in [2.24, 2.45) is 5.92 Å². The summed E-state index contributed by atoms with van der Waals surface area (Å²) < 4.78 is 37.3. The van der Waals surface area contributed by atoms with E-state index in [1.54, 1.807) is 25.1 Å². The fraction of sp³-hybridized carbons (Fsp3) is 0.500. The molecule has 0 unspecified atom stereocenters. The molecule has 138 valence electrons. The molecule has 1 saturated heterocycles. The molecule has 9 heteroatoms. The van der Waals surface area contributed by atoms with Gasteiger partial charge in [0.15, 0.2) is 0 Å². The third kappa shape index (κ3) is 5.84. The summed E-state index contributed by atoms with van der Waals surface area (Å²) in [7, 11) is 0. The van der Waals surface area contributed by atoms with Crippen molar-refractivity contribution >= 4 is 29.4 Å². The lowest BCUT2D eigenvalue weighted by atomic mass is 9.97. The predicted octanol–water partition coefficient (Wildman–Crippen LogP) is 3.98. The smallest absolute Gasteiger partial charge is 0.398 e. The van der Waals surface area contributed by atoms with Crippen LogP contribution in [0.3, 0.4) is 0 Å². The molecule has 0 aromatic heterocycles. The van der Waals surface area contributed by atoms with Gasteiger partial charge >= 0.3 is 18.2 Å². The Kier molecular flexibility index (Phi) is 6.21. The number of carboxylic acid groups (broad SMARTS) is 1. The number of halogens is 3. The second-order valence-electron chi connectivity index (χ2n) is 5.93. The molecule has 0 atom stereocenters. The number of aliphatic carboxylic acids is 1. The highest BCUT2D eigenvalue weighted by Crippen LogP contribution is 2.33. The maximum Gasteiger partial charge on any atom is 0.398 e. The Labute approximate surface area is 147 Å². The highest BCUT2D eigenvalue weighted by atomic mass is 32.2. The van der Waals surface area contributed by atoms with Gasteiger partial charge in [-0.2, -0.15) is 13.2 Å². The van der Waals surface area contributed by atoms with Crippen molar-refractivity contribution in [3.63, 3.8) is 0 Å². The molecule has 0 radical (unpaired) electrons. The van der Waals surface area contributed by atoms with Gasteiger partial charge in [0.05, 0.1) is 17.4 Å². The van der Waals surface area contributed by atoms with Gasteiger partial charge in [0.2, 0.25) is 0 Å². The van der Waals surface area contributed by atoms with Crippen LogP contribution < -0.4 is 5.32 Å². The zero-order chi connectivity index (χ0) is 18.6. The first-order chi connectivity index (χ1) is 11.7. The minimum Gasteiger partial charge on any atom is -0.481 e. The van der Waals surface area contributed by atoms with Crippen LogP contribution in [0.15, 0.2) is 23.1 Å². The van der Waals surface area contributed by atoms with Gasteiger partial charge < -0.3 is 15.3 Å². The molecule has 1 aliphatic heterocycles. The average molecular weight is 376 g/mol. The Bertz CT molecular complexity index is 644. The Morgan fingerprint density at radius 1 is 1.32 bits per heavy atom. The summed E-state index contributed by atoms with van der Waals surface area (Å²) in [6, 6.07) is 4.44. The number of likely N-dealkylation sites (tertiary alicyclic amines) is 1. The minimum atomic E-state index is -4.30. The molecule has 0 bridgehead atoms. The number of carbonyl (C=O) groups is 2. The molecule has 25 heavy (non-hydrogen) atoms. The summed E-state index contributed by atoms with van der Waals surface area (Å²) in [4.78, 5) is 25.1. The number of aryl methyl sites for hydroxylation is 1. The zero-order valence-corrected chi connectivity index (χ0v) is 14.4. The molecule has 2 N–H and O–H groups in total. The normalized spacial score (nSPS) is 15.9. The number of amides is 2. The van der Waals surface area contributed by atoms with E-state index in [0.29, 0.717) is 48.3 Å². The van der Waals surface area contributed by atoms with E-state index in [4.69, 9.17) is 5.11 Å². The summed E-state index contributed by atoms with van der Waals surface area (Å²) in [6.07, 6.45) is -3.56. The Hall–Kier alpha value is -1.90. The molecule has 1 heterocycles. The molecule has 1 aromatic rings. The summed E-state index contributed by atoms with van der Waals surface area (Å²) >= 11 is 0.620. The summed E-state index contributed by atoms with van der Waals surface area (Å²) in [5.41, 5.74) is 1.15. The van der Waals surface area contributed by atoms with Crippen LogP contribution in [-0.4, -0.2) is 47.0 Å². The van der Waals surface area contributed by atoms with Gasteiger partial charge in [-0.3, -0.25) is 4.79 Å². The Morgan fingerprint density at radius 2 is 1.96 bits per heavy atom. The molecule has 2 rings (SSSR count). The van der Waals surface area contributed by atoms with Crippen molar-refractivity contribution in [3.05, 3.63) is 23.8 Å². The standard InChI is InChI=1S/C16H19F3N2O3S/c1-10-2-3-13(25-9-16(17,18)19)12(8-10)20-15(24)21-6-4-11(5-7-21)14(22)23/h2-3,8,11H,4-7,9H2,1H3,(H,20,24)(H,22,23). The molecule has 0 spiro atoms. The van der Waals surface area contributed by atoms with Crippen molar-refractivity contribution in [1.82, 2.24) is 4.90 Å². The van der Waals surface area contributed by atoms with Gasteiger partial charge in [0.25, 0.3) is 0 Å². The molecule has 2 amide bonds. The number of hydrogen-bond donors (Lipinski definition) is 2. The number of carbonyl (C=O) groups excluding carboxylic acids is 1. The lowest BCUT2D eigenvalue weighted by molar-refractivity contribution is -0.143. The predicted molar refractivity (Wildman–Crippen MR) is 88.9 cm³/mol. The topological polar surface area (TPSA) is 69.6 Å². The maximum absolute atomic E-state index is 12.4. The lowest BCUT2D eigenvalue weighted by Gasteiger charge is -2.30. The number of benzene rings is 1. The monoisotopic (exact) mass is 376 g/mol. The second kappa shape index (κ2) is 7.99. The van der Waals surface area contributed by atoms with E-state index < -0.39 is 29.8 Å². The third-order valence-electron chi connectivity index (χ3n) is 3.90. The quantitative estimate of drug-likeness (QED) is 0.780. The van der Waals surface area contributed by atoms with E-state index in [1.165, 1.54) is 4.90 Å². The van der Waals surface area contributed by atoms with Crippen LogP contribution >= 0.6 is 11.8 Å². The fourth-order valence-electron chi connectivity index (χ4n) is 2.55. The number of piperidine rings is 1. The Balaban J connectivity index is 2.02. The highest BCUT2D eigenvalue weighted by Gasteiger charge is 2.29. The van der Waals surface area contributed by atoms with Crippen molar-refractivity contribution in [1.29, 1.82) is 0 Å². The molecular weight excluding hydrogens is 357 g/mol. The zero-order valence-electron chi connectivity index (χ0n) is 13.6. The van der Waals surface area contributed by atoms with Gasteiger partial charge in [-0.15, -0.1) is 11.8 Å². The molecule has 1 aromatic carbocycles. The number of thioether (sulfide) groups is 1. The van der Waals surface area contributed by atoms with E-state index in [9.17, 15) is 22.8 Å². The van der Waals surface area contributed by atoms with Crippen LogP contribution in [0.4, 0.5) is 23.7 Å². The van der Waals surface area contributed by atoms with Crippen LogP contribution in [-0.2, 0) is 4.79 Å². The third-order valence-corrected chi connectivity index (χ3v) is 5.04. The summed E-state index contributed by atoms with van der Waals surface area (Å²) in [5, 5.41) is 11.6. The first kappa shape index (κ1) is 19.4. The largest absolute Gasteiger partial charge is 0.481 e. The van der Waals surface area contributed by atoms with Crippen LogP contribution in [0.2, 0.25) is 0 Å². The SMILES string of the molecule is Cc1ccc(SCC(F)(F)F)c(NC(=O)N2CCC(C(=O)O)CC2)c1. The Morgan fingerprint density at radius 3 is 2.52 bits per heavy atom. The molecule has 1 aliphatic rings. The van der Waals surface area contributed by atoms with E-state index in [2.05, 4.69) is 5.32 Å². The van der Waals surface area contributed by atoms with Crippen molar-refractivity contribution in [2.75, 3.05) is 24.2 Å². The van der Waals surface area contributed by atoms with Crippen molar-refractivity contribution in [3.8, 4) is 0 Å². The van der Waals surface area contributed by atoms with Crippen LogP contribution in [0.5, 0.6) is 0 Å². The summed E-state index contributed by atoms with van der Waals surface area (Å²) in [5.74, 6) is -2.37.